The molecule has 8 heteroatoms. The predicted molar refractivity (Wildman–Crippen MR) is 110 cm³/mol. The van der Waals surface area contributed by atoms with E-state index < -0.39 is 0 Å². The van der Waals surface area contributed by atoms with Crippen LogP contribution in [0.4, 0.5) is 0 Å². The van der Waals surface area contributed by atoms with Gasteiger partial charge in [0.2, 0.25) is 6.79 Å². The van der Waals surface area contributed by atoms with E-state index in [4.69, 9.17) is 15.2 Å². The van der Waals surface area contributed by atoms with Crippen molar-refractivity contribution in [2.75, 3.05) is 6.79 Å². The summed E-state index contributed by atoms with van der Waals surface area (Å²) in [6.45, 7) is 0.248. The molecule has 150 valence electrons. The Kier molecular flexibility index (Phi) is 5.49. The van der Waals surface area contributed by atoms with Crippen LogP contribution >= 0.6 is 23.7 Å². The SMILES string of the molecule is Cl.NC1CC2CCCC(C1)C2NC(=O)c1cnc(-c2ccc3c(c2)OCO3)s1. The molecule has 28 heavy (non-hydrogen) atoms. The molecule has 2 saturated carbocycles. The zero-order chi connectivity index (χ0) is 18.4. The number of hydrogen-bond acceptors (Lipinski definition) is 6. The van der Waals surface area contributed by atoms with E-state index in [-0.39, 0.29) is 37.2 Å². The number of ether oxygens (including phenoxy) is 2. The van der Waals surface area contributed by atoms with Gasteiger partial charge in [-0.15, -0.1) is 23.7 Å². The minimum Gasteiger partial charge on any atom is -0.454 e. The second-order valence-corrected chi connectivity index (χ2v) is 8.81. The summed E-state index contributed by atoms with van der Waals surface area (Å²) in [6, 6.07) is 6.28. The first-order valence-corrected chi connectivity index (χ1v) is 10.4. The van der Waals surface area contributed by atoms with Crippen molar-refractivity contribution in [3.8, 4) is 22.1 Å². The third-order valence-corrected chi connectivity index (χ3v) is 7.07. The molecule has 2 bridgehead atoms. The van der Waals surface area contributed by atoms with Gasteiger partial charge in [-0.2, -0.15) is 0 Å². The van der Waals surface area contributed by atoms with Crippen molar-refractivity contribution in [1.82, 2.24) is 10.3 Å². The van der Waals surface area contributed by atoms with Crippen LogP contribution in [-0.4, -0.2) is 29.8 Å². The van der Waals surface area contributed by atoms with Crippen LogP contribution in [0.1, 0.15) is 41.8 Å². The third-order valence-electron chi connectivity index (χ3n) is 6.02. The molecular weight excluding hydrogens is 398 g/mol. The van der Waals surface area contributed by atoms with E-state index in [0.717, 1.165) is 34.9 Å². The van der Waals surface area contributed by atoms with E-state index in [1.165, 1.54) is 30.6 Å². The van der Waals surface area contributed by atoms with Crippen LogP contribution < -0.4 is 20.5 Å². The first-order chi connectivity index (χ1) is 13.2. The zero-order valence-electron chi connectivity index (χ0n) is 15.4. The molecule has 1 aromatic carbocycles. The van der Waals surface area contributed by atoms with Gasteiger partial charge in [0, 0.05) is 17.6 Å². The zero-order valence-corrected chi connectivity index (χ0v) is 17.1. The fourth-order valence-electron chi connectivity index (χ4n) is 4.79. The first-order valence-electron chi connectivity index (χ1n) is 9.59. The van der Waals surface area contributed by atoms with Crippen LogP contribution in [0.15, 0.2) is 24.4 Å². The summed E-state index contributed by atoms with van der Waals surface area (Å²) in [5.74, 6) is 2.47. The molecule has 0 radical (unpaired) electrons. The number of benzene rings is 1. The average Bonchev–Trinajstić information content (AvgIpc) is 3.31. The fourth-order valence-corrected chi connectivity index (χ4v) is 5.61. The molecule has 0 spiro atoms. The second kappa shape index (κ2) is 7.89. The van der Waals surface area contributed by atoms with E-state index in [2.05, 4.69) is 10.3 Å². The number of nitrogens with zero attached hydrogens (tertiary/aromatic N) is 1. The molecule has 2 aliphatic carbocycles. The van der Waals surface area contributed by atoms with Crippen molar-refractivity contribution in [2.45, 2.75) is 44.2 Å². The number of fused-ring (bicyclic) bond motifs is 3. The van der Waals surface area contributed by atoms with Gasteiger partial charge in [-0.1, -0.05) is 6.42 Å². The van der Waals surface area contributed by atoms with Gasteiger partial charge in [0.15, 0.2) is 11.5 Å². The van der Waals surface area contributed by atoms with Crippen LogP contribution in [0, 0.1) is 11.8 Å². The van der Waals surface area contributed by atoms with Crippen LogP contribution in [0.25, 0.3) is 10.6 Å². The number of halogens is 1. The van der Waals surface area contributed by atoms with Gasteiger partial charge in [-0.3, -0.25) is 4.79 Å². The number of hydrogen-bond donors (Lipinski definition) is 2. The Morgan fingerprint density at radius 3 is 2.71 bits per heavy atom. The van der Waals surface area contributed by atoms with Gasteiger partial charge in [-0.05, 0) is 55.7 Å². The van der Waals surface area contributed by atoms with E-state index in [1.807, 2.05) is 18.2 Å². The minimum atomic E-state index is -0.0168. The molecular formula is C20H24ClN3O3S. The number of nitrogens with two attached hydrogens (primary N) is 1. The van der Waals surface area contributed by atoms with E-state index >= 15 is 0 Å². The van der Waals surface area contributed by atoms with Crippen molar-refractivity contribution in [3.63, 3.8) is 0 Å². The molecule has 5 rings (SSSR count). The normalized spacial score (nSPS) is 27.8. The van der Waals surface area contributed by atoms with Gasteiger partial charge in [0.1, 0.15) is 9.88 Å². The monoisotopic (exact) mass is 421 g/mol. The molecule has 1 aliphatic heterocycles. The number of amides is 1. The number of aromatic nitrogens is 1. The molecule has 3 aliphatic rings. The highest BCUT2D eigenvalue weighted by Gasteiger charge is 2.40. The first kappa shape index (κ1) is 19.5. The molecule has 0 saturated heterocycles. The smallest absolute Gasteiger partial charge is 0.263 e. The molecule has 3 N–H and O–H groups in total. The van der Waals surface area contributed by atoms with Crippen LogP contribution in [0.3, 0.4) is 0 Å². The topological polar surface area (TPSA) is 86.5 Å². The maximum absolute atomic E-state index is 12.8. The van der Waals surface area contributed by atoms with E-state index in [1.54, 1.807) is 6.20 Å². The van der Waals surface area contributed by atoms with Crippen molar-refractivity contribution < 1.29 is 14.3 Å². The lowest BCUT2D eigenvalue weighted by atomic mass is 9.67. The van der Waals surface area contributed by atoms with Crippen molar-refractivity contribution in [2.24, 2.45) is 17.6 Å². The van der Waals surface area contributed by atoms with Gasteiger partial charge in [0.25, 0.3) is 5.91 Å². The summed E-state index contributed by atoms with van der Waals surface area (Å²) in [4.78, 5) is 17.9. The minimum absolute atomic E-state index is 0. The van der Waals surface area contributed by atoms with Crippen LogP contribution in [-0.2, 0) is 0 Å². The summed E-state index contributed by atoms with van der Waals surface area (Å²) >= 11 is 1.41. The molecule has 1 amide bonds. The number of nitrogens with one attached hydrogen (secondary N) is 1. The van der Waals surface area contributed by atoms with Crippen molar-refractivity contribution >= 4 is 29.7 Å². The summed E-state index contributed by atoms with van der Waals surface area (Å²) in [7, 11) is 0. The summed E-state index contributed by atoms with van der Waals surface area (Å²) in [6.07, 6.45) is 7.30. The highest BCUT2D eigenvalue weighted by atomic mass is 35.5. The van der Waals surface area contributed by atoms with Gasteiger partial charge < -0.3 is 20.5 Å². The molecule has 2 heterocycles. The van der Waals surface area contributed by atoms with Gasteiger partial charge >= 0.3 is 0 Å². The Morgan fingerprint density at radius 1 is 1.18 bits per heavy atom. The largest absolute Gasteiger partial charge is 0.454 e. The Hall–Kier alpha value is -1.83. The molecule has 2 fully saturated rings. The third kappa shape index (κ3) is 3.58. The maximum Gasteiger partial charge on any atom is 0.263 e. The highest BCUT2D eigenvalue weighted by Crippen LogP contribution is 2.40. The standard InChI is InChI=1S/C20H23N3O3S.ClH/c21-14-6-11-2-1-3-12(7-14)18(11)23-19(24)17-9-22-20(27-17)13-4-5-15-16(8-13)26-10-25-15;/h4-5,8-9,11-12,14,18H,1-3,6-7,10,21H2,(H,23,24);1H. The number of carbonyl (C=O) groups is 1. The summed E-state index contributed by atoms with van der Waals surface area (Å²) in [5.41, 5.74) is 7.13. The van der Waals surface area contributed by atoms with Crippen LogP contribution in [0.5, 0.6) is 11.5 Å². The van der Waals surface area contributed by atoms with Crippen LogP contribution in [0.2, 0.25) is 0 Å². The van der Waals surface area contributed by atoms with Crippen molar-refractivity contribution in [3.05, 3.63) is 29.3 Å². The average molecular weight is 422 g/mol. The second-order valence-electron chi connectivity index (χ2n) is 7.78. The lowest BCUT2D eigenvalue weighted by Gasteiger charge is -2.45. The fraction of sp³-hybridized carbons (Fsp3) is 0.500. The Morgan fingerprint density at radius 2 is 1.93 bits per heavy atom. The molecule has 2 atom stereocenters. The summed E-state index contributed by atoms with van der Waals surface area (Å²) in [5, 5.41) is 4.10. The quantitative estimate of drug-likeness (QED) is 0.790. The highest BCUT2D eigenvalue weighted by molar-refractivity contribution is 7.16. The Bertz CT molecular complexity index is 860. The van der Waals surface area contributed by atoms with Gasteiger partial charge in [-0.25, -0.2) is 4.98 Å². The lowest BCUT2D eigenvalue weighted by molar-refractivity contribution is 0.0759. The lowest BCUT2D eigenvalue weighted by Crippen LogP contribution is -2.53. The van der Waals surface area contributed by atoms with Gasteiger partial charge in [0.05, 0.1) is 6.20 Å². The predicted octanol–water partition coefficient (Wildman–Crippen LogP) is 3.60. The molecule has 2 unspecified atom stereocenters. The van der Waals surface area contributed by atoms with E-state index in [9.17, 15) is 4.79 Å². The summed E-state index contributed by atoms with van der Waals surface area (Å²) < 4.78 is 10.8. The molecule has 1 aromatic heterocycles. The molecule has 2 aromatic rings. The number of rotatable bonds is 3. The number of carbonyl (C=O) groups excluding carboxylic acids is 1. The van der Waals surface area contributed by atoms with Crippen molar-refractivity contribution in [1.29, 1.82) is 0 Å². The Labute approximate surface area is 174 Å². The number of thiazole rings is 1. The van der Waals surface area contributed by atoms with E-state index in [0.29, 0.717) is 16.7 Å². The molecule has 6 nitrogen and oxygen atoms in total. The Balaban J connectivity index is 0.00000192. The maximum atomic E-state index is 12.8.